The molecule has 0 aromatic heterocycles. The first-order valence-corrected chi connectivity index (χ1v) is 10.3. The van der Waals surface area contributed by atoms with Gasteiger partial charge in [-0.25, -0.2) is 0 Å². The van der Waals surface area contributed by atoms with Crippen LogP contribution >= 0.6 is 0 Å². The van der Waals surface area contributed by atoms with E-state index in [4.69, 9.17) is 4.79 Å². The maximum Gasteiger partial charge on any atom is 0.116 e. The predicted octanol–water partition coefficient (Wildman–Crippen LogP) is 8.01. The molecule has 158 valence electrons. The highest BCUT2D eigenvalue weighted by Crippen LogP contribution is 2.06. The van der Waals surface area contributed by atoms with Crippen LogP contribution in [0.25, 0.3) is 0 Å². The van der Waals surface area contributed by atoms with Gasteiger partial charge in [-0.2, -0.15) is 0 Å². The summed E-state index contributed by atoms with van der Waals surface area (Å²) in [5.41, 5.74) is 6.85. The molecule has 0 aliphatic carbocycles. The van der Waals surface area contributed by atoms with Crippen LogP contribution in [-0.4, -0.2) is 6.29 Å². The van der Waals surface area contributed by atoms with Crippen LogP contribution in [0.5, 0.6) is 0 Å². The third-order valence-corrected chi connectivity index (χ3v) is 3.98. The first kappa shape index (κ1) is 28.5. The van der Waals surface area contributed by atoms with Crippen molar-refractivity contribution in [1.29, 1.82) is 0 Å². The Morgan fingerprint density at radius 3 is 1.86 bits per heavy atom. The van der Waals surface area contributed by atoms with Crippen LogP contribution in [0.1, 0.15) is 56.9 Å². The first-order chi connectivity index (χ1) is 13.9. The summed E-state index contributed by atoms with van der Waals surface area (Å²) in [6.07, 6.45) is 10.8. The highest BCUT2D eigenvalue weighted by molar-refractivity contribution is 5.44. The molecule has 0 fully saturated rings. The monoisotopic (exact) mass is 392 g/mol. The van der Waals surface area contributed by atoms with E-state index in [2.05, 4.69) is 82.8 Å². The summed E-state index contributed by atoms with van der Waals surface area (Å²) in [4.78, 5) is 8.81. The SMILES string of the molecule is C=C/C=C(C)\C=C/C.CC=O.CCc1ccc(C)cc1.CCc1ccccc1C. The number of carbonyl (C=O) groups is 1. The van der Waals surface area contributed by atoms with Gasteiger partial charge in [-0.15, -0.1) is 0 Å². The summed E-state index contributed by atoms with van der Waals surface area (Å²) >= 11 is 0. The molecule has 0 saturated carbocycles. The minimum atomic E-state index is 0.750. The molecule has 2 aromatic carbocycles. The molecular formula is C28H40O. The van der Waals surface area contributed by atoms with Gasteiger partial charge in [0.25, 0.3) is 0 Å². The first-order valence-electron chi connectivity index (χ1n) is 10.3. The number of hydrogen-bond acceptors (Lipinski definition) is 1. The molecule has 0 unspecified atom stereocenters. The van der Waals surface area contributed by atoms with Crippen molar-refractivity contribution in [3.63, 3.8) is 0 Å². The van der Waals surface area contributed by atoms with Crippen LogP contribution < -0.4 is 0 Å². The topological polar surface area (TPSA) is 17.1 Å². The van der Waals surface area contributed by atoms with Crippen molar-refractivity contribution < 1.29 is 4.79 Å². The summed E-state index contributed by atoms with van der Waals surface area (Å²) in [7, 11) is 0. The third kappa shape index (κ3) is 17.2. The number of hydrogen-bond donors (Lipinski definition) is 0. The molecule has 0 amide bonds. The number of rotatable bonds is 4. The molecule has 0 radical (unpaired) electrons. The van der Waals surface area contributed by atoms with Crippen LogP contribution in [0.2, 0.25) is 0 Å². The second kappa shape index (κ2) is 20.1. The number of aldehydes is 1. The lowest BCUT2D eigenvalue weighted by Gasteiger charge is -1.98. The normalized spacial score (nSPS) is 9.83. The fourth-order valence-corrected chi connectivity index (χ4v) is 2.33. The summed E-state index contributed by atoms with van der Waals surface area (Å²) in [5, 5.41) is 0. The molecule has 0 bridgehead atoms. The molecule has 0 saturated heterocycles. The van der Waals surface area contributed by atoms with Gasteiger partial charge in [0.2, 0.25) is 0 Å². The number of benzene rings is 2. The summed E-state index contributed by atoms with van der Waals surface area (Å²) in [6.45, 7) is 17.7. The average molecular weight is 393 g/mol. The standard InChI is InChI=1S/2C9H12.C8H12.C2H4O/c1-3-9-6-4-8(2)5-7-9;1-3-9-7-5-4-6-8(9)2;1-4-6-8(3)7-5-2;1-2-3/h2*4-7H,3H2,1-2H3;4-7H,1H2,2-3H3;2H,1H3/b;;7-5-,8-6-;. The number of carbonyl (C=O) groups excluding carboxylic acids is 1. The zero-order valence-electron chi connectivity index (χ0n) is 19.5. The van der Waals surface area contributed by atoms with Crippen LogP contribution in [-0.2, 0) is 17.6 Å². The second-order valence-corrected chi connectivity index (χ2v) is 6.50. The van der Waals surface area contributed by atoms with Crippen LogP contribution in [0.4, 0.5) is 0 Å². The van der Waals surface area contributed by atoms with Gasteiger partial charge in [0.05, 0.1) is 0 Å². The van der Waals surface area contributed by atoms with E-state index >= 15 is 0 Å². The Bertz CT molecular complexity index is 718. The Hall–Kier alpha value is -2.67. The van der Waals surface area contributed by atoms with Crippen molar-refractivity contribution >= 4 is 6.29 Å². The summed E-state index contributed by atoms with van der Waals surface area (Å²) < 4.78 is 0. The van der Waals surface area contributed by atoms with E-state index in [0.717, 1.165) is 19.1 Å². The van der Waals surface area contributed by atoms with Crippen LogP contribution in [0.3, 0.4) is 0 Å². The van der Waals surface area contributed by atoms with Crippen molar-refractivity contribution in [3.05, 3.63) is 107 Å². The molecule has 0 N–H and O–H groups in total. The maximum atomic E-state index is 8.81. The van der Waals surface area contributed by atoms with Gasteiger partial charge in [-0.1, -0.05) is 104 Å². The summed E-state index contributed by atoms with van der Waals surface area (Å²) in [6, 6.07) is 17.1. The molecule has 2 rings (SSSR count). The van der Waals surface area contributed by atoms with Crippen LogP contribution in [0.15, 0.2) is 85.0 Å². The second-order valence-electron chi connectivity index (χ2n) is 6.50. The maximum absolute atomic E-state index is 8.81. The highest BCUT2D eigenvalue weighted by Gasteiger charge is 1.89. The Labute approximate surface area is 179 Å². The number of aryl methyl sites for hydroxylation is 4. The highest BCUT2D eigenvalue weighted by atomic mass is 16.1. The van der Waals surface area contributed by atoms with Gasteiger partial charge >= 0.3 is 0 Å². The van der Waals surface area contributed by atoms with E-state index in [1.54, 1.807) is 6.08 Å². The zero-order chi connectivity index (χ0) is 22.5. The third-order valence-electron chi connectivity index (χ3n) is 3.98. The predicted molar refractivity (Wildman–Crippen MR) is 132 cm³/mol. The van der Waals surface area contributed by atoms with Gasteiger partial charge in [-0.05, 0) is 64.2 Å². The largest absolute Gasteiger partial charge is 0.304 e. The lowest BCUT2D eigenvalue weighted by Crippen LogP contribution is -1.82. The van der Waals surface area contributed by atoms with E-state index in [1.165, 1.54) is 34.8 Å². The average Bonchev–Trinajstić information content (AvgIpc) is 2.71. The molecule has 29 heavy (non-hydrogen) atoms. The van der Waals surface area contributed by atoms with Gasteiger partial charge in [0, 0.05) is 0 Å². The molecule has 0 heterocycles. The Morgan fingerprint density at radius 1 is 0.931 bits per heavy atom. The lowest BCUT2D eigenvalue weighted by atomic mass is 10.1. The fourth-order valence-electron chi connectivity index (χ4n) is 2.33. The molecule has 0 spiro atoms. The molecule has 0 aliphatic rings. The fraction of sp³-hybridized carbons (Fsp3) is 0.321. The minimum Gasteiger partial charge on any atom is -0.304 e. The van der Waals surface area contributed by atoms with Gasteiger partial charge in [0.15, 0.2) is 0 Å². The lowest BCUT2D eigenvalue weighted by molar-refractivity contribution is -0.106. The van der Waals surface area contributed by atoms with Crippen molar-refractivity contribution in [1.82, 2.24) is 0 Å². The molecule has 2 aromatic rings. The van der Waals surface area contributed by atoms with E-state index in [9.17, 15) is 0 Å². The van der Waals surface area contributed by atoms with E-state index in [-0.39, 0.29) is 0 Å². The van der Waals surface area contributed by atoms with Crippen LogP contribution in [0, 0.1) is 13.8 Å². The van der Waals surface area contributed by atoms with Crippen molar-refractivity contribution in [2.75, 3.05) is 0 Å². The summed E-state index contributed by atoms with van der Waals surface area (Å²) in [5.74, 6) is 0. The minimum absolute atomic E-state index is 0.750. The Balaban J connectivity index is 0. The molecular weight excluding hydrogens is 352 g/mol. The van der Waals surface area contributed by atoms with Crippen molar-refractivity contribution in [2.24, 2.45) is 0 Å². The smallest absolute Gasteiger partial charge is 0.116 e. The molecule has 1 heteroatoms. The Kier molecular flexibility index (Phi) is 19.8. The molecule has 0 aliphatic heterocycles. The quantitative estimate of drug-likeness (QED) is 0.380. The molecule has 1 nitrogen and oxygen atoms in total. The van der Waals surface area contributed by atoms with E-state index in [0.29, 0.717) is 0 Å². The number of allylic oxidation sites excluding steroid dienone is 5. The van der Waals surface area contributed by atoms with Crippen molar-refractivity contribution in [2.45, 2.75) is 61.3 Å². The van der Waals surface area contributed by atoms with E-state index < -0.39 is 0 Å². The van der Waals surface area contributed by atoms with Crippen molar-refractivity contribution in [3.8, 4) is 0 Å². The Morgan fingerprint density at radius 2 is 1.48 bits per heavy atom. The van der Waals surface area contributed by atoms with E-state index in [1.807, 2.05) is 32.1 Å². The van der Waals surface area contributed by atoms with Gasteiger partial charge < -0.3 is 4.79 Å². The molecule has 0 atom stereocenters. The van der Waals surface area contributed by atoms with Gasteiger partial charge in [0.1, 0.15) is 6.29 Å². The zero-order valence-corrected chi connectivity index (χ0v) is 19.5. The van der Waals surface area contributed by atoms with Gasteiger partial charge in [-0.3, -0.25) is 0 Å².